The van der Waals surface area contributed by atoms with E-state index in [-0.39, 0.29) is 11.0 Å². The van der Waals surface area contributed by atoms with Crippen molar-refractivity contribution in [3.8, 4) is 0 Å². The Kier molecular flexibility index (Phi) is 4.79. The molecule has 0 aliphatic carbocycles. The fraction of sp³-hybridized carbons (Fsp3) is 0.571. The number of anilines is 1. The van der Waals surface area contributed by atoms with Crippen molar-refractivity contribution in [2.24, 2.45) is 0 Å². The fourth-order valence-electron chi connectivity index (χ4n) is 1.98. The molecule has 1 heterocycles. The third-order valence-corrected chi connectivity index (χ3v) is 6.68. The van der Waals surface area contributed by atoms with Gasteiger partial charge in [-0.15, -0.1) is 0 Å². The summed E-state index contributed by atoms with van der Waals surface area (Å²) in [7, 11) is -3.01. The minimum atomic E-state index is -3.01. The first-order valence-electron chi connectivity index (χ1n) is 6.62. The molecule has 3 nitrogen and oxygen atoms in total. The van der Waals surface area contributed by atoms with Gasteiger partial charge < -0.3 is 5.32 Å². The highest BCUT2D eigenvalue weighted by atomic mass is 32.2. The first-order valence-corrected chi connectivity index (χ1v) is 9.49. The number of nitrogens with one attached hydrogen (secondary N) is 1. The van der Waals surface area contributed by atoms with E-state index in [0.29, 0.717) is 6.04 Å². The SMILES string of the molecule is CC(C)S(=O)(=O)Cc1ccc(NC2CCSC2)cc1. The van der Waals surface area contributed by atoms with Crippen molar-refractivity contribution in [3.05, 3.63) is 29.8 Å². The summed E-state index contributed by atoms with van der Waals surface area (Å²) in [6.45, 7) is 3.45. The van der Waals surface area contributed by atoms with E-state index in [2.05, 4.69) is 5.32 Å². The molecule has 1 aliphatic heterocycles. The van der Waals surface area contributed by atoms with Crippen LogP contribution in [-0.4, -0.2) is 31.2 Å². The molecule has 2 rings (SSSR count). The minimum absolute atomic E-state index is 0.129. The van der Waals surface area contributed by atoms with E-state index in [1.165, 1.54) is 12.2 Å². The number of hydrogen-bond acceptors (Lipinski definition) is 4. The summed E-state index contributed by atoms with van der Waals surface area (Å²) in [5.41, 5.74) is 1.94. The van der Waals surface area contributed by atoms with Crippen LogP contribution in [0.15, 0.2) is 24.3 Å². The maximum atomic E-state index is 11.8. The molecule has 1 fully saturated rings. The molecule has 106 valence electrons. The molecule has 0 bridgehead atoms. The zero-order chi connectivity index (χ0) is 13.9. The lowest BCUT2D eigenvalue weighted by Crippen LogP contribution is -2.18. The van der Waals surface area contributed by atoms with Gasteiger partial charge in [-0.2, -0.15) is 11.8 Å². The summed E-state index contributed by atoms with van der Waals surface area (Å²) in [5, 5.41) is 3.16. The molecule has 0 aromatic heterocycles. The maximum Gasteiger partial charge on any atom is 0.156 e. The third kappa shape index (κ3) is 4.14. The van der Waals surface area contributed by atoms with Crippen LogP contribution >= 0.6 is 11.8 Å². The van der Waals surface area contributed by atoms with Crippen LogP contribution in [0.25, 0.3) is 0 Å². The van der Waals surface area contributed by atoms with Crippen LogP contribution in [0, 0.1) is 0 Å². The number of benzene rings is 1. The maximum absolute atomic E-state index is 11.8. The molecule has 1 aliphatic rings. The van der Waals surface area contributed by atoms with Crippen molar-refractivity contribution in [3.63, 3.8) is 0 Å². The lowest BCUT2D eigenvalue weighted by molar-refractivity contribution is 0.586. The molecule has 1 unspecified atom stereocenters. The number of rotatable bonds is 5. The lowest BCUT2D eigenvalue weighted by Gasteiger charge is -2.13. The Labute approximate surface area is 120 Å². The van der Waals surface area contributed by atoms with Crippen LogP contribution in [0.4, 0.5) is 5.69 Å². The molecular weight excluding hydrogens is 278 g/mol. The summed E-state index contributed by atoms with van der Waals surface area (Å²) in [6.07, 6.45) is 1.20. The largest absolute Gasteiger partial charge is 0.381 e. The van der Waals surface area contributed by atoms with Gasteiger partial charge in [-0.25, -0.2) is 8.42 Å². The summed E-state index contributed by atoms with van der Waals surface area (Å²) in [6, 6.07) is 8.33. The summed E-state index contributed by atoms with van der Waals surface area (Å²) in [4.78, 5) is 0. The van der Waals surface area contributed by atoms with Crippen LogP contribution < -0.4 is 5.32 Å². The summed E-state index contributed by atoms with van der Waals surface area (Å²) in [5.74, 6) is 2.51. The van der Waals surface area contributed by atoms with E-state index in [1.54, 1.807) is 13.8 Å². The van der Waals surface area contributed by atoms with Crippen LogP contribution in [0.5, 0.6) is 0 Å². The van der Waals surface area contributed by atoms with E-state index in [4.69, 9.17) is 0 Å². The summed E-state index contributed by atoms with van der Waals surface area (Å²) >= 11 is 1.97. The normalized spacial score (nSPS) is 19.8. The van der Waals surface area contributed by atoms with Gasteiger partial charge in [0.25, 0.3) is 0 Å². The van der Waals surface area contributed by atoms with E-state index < -0.39 is 9.84 Å². The first-order chi connectivity index (χ1) is 8.97. The van der Waals surface area contributed by atoms with Gasteiger partial charge in [-0.05, 0) is 43.7 Å². The molecule has 1 atom stereocenters. The number of hydrogen-bond donors (Lipinski definition) is 1. The van der Waals surface area contributed by atoms with E-state index >= 15 is 0 Å². The van der Waals surface area contributed by atoms with Crippen LogP contribution in [-0.2, 0) is 15.6 Å². The van der Waals surface area contributed by atoms with Crippen molar-refractivity contribution in [2.45, 2.75) is 37.3 Å². The predicted molar refractivity (Wildman–Crippen MR) is 83.6 cm³/mol. The standard InChI is InChI=1S/C14H21NO2S2/c1-11(2)19(16,17)10-12-3-5-13(6-4-12)15-14-7-8-18-9-14/h3-6,11,14-15H,7-10H2,1-2H3. The Morgan fingerprint density at radius 3 is 2.53 bits per heavy atom. The molecule has 1 N–H and O–H groups in total. The molecule has 0 saturated carbocycles. The molecule has 0 radical (unpaired) electrons. The zero-order valence-electron chi connectivity index (χ0n) is 11.4. The van der Waals surface area contributed by atoms with Gasteiger partial charge in [0.2, 0.25) is 0 Å². The molecule has 1 aromatic carbocycles. The molecule has 5 heteroatoms. The lowest BCUT2D eigenvalue weighted by atomic mass is 10.2. The highest BCUT2D eigenvalue weighted by Gasteiger charge is 2.17. The molecule has 1 saturated heterocycles. The van der Waals surface area contributed by atoms with Gasteiger partial charge in [-0.1, -0.05) is 12.1 Å². The van der Waals surface area contributed by atoms with Gasteiger partial charge >= 0.3 is 0 Å². The monoisotopic (exact) mass is 299 g/mol. The fourth-order valence-corrected chi connectivity index (χ4v) is 4.12. The van der Waals surface area contributed by atoms with Crippen molar-refractivity contribution < 1.29 is 8.42 Å². The Balaban J connectivity index is 1.98. The van der Waals surface area contributed by atoms with Crippen LogP contribution in [0.3, 0.4) is 0 Å². The average molecular weight is 299 g/mol. The van der Waals surface area contributed by atoms with Crippen LogP contribution in [0.1, 0.15) is 25.8 Å². The molecule has 0 spiro atoms. The highest BCUT2D eigenvalue weighted by molar-refractivity contribution is 7.99. The molecular formula is C14H21NO2S2. The van der Waals surface area contributed by atoms with Gasteiger partial charge in [0, 0.05) is 17.5 Å². The smallest absolute Gasteiger partial charge is 0.156 e. The van der Waals surface area contributed by atoms with Crippen molar-refractivity contribution in [2.75, 3.05) is 16.8 Å². The Bertz CT molecular complexity index is 503. The number of sulfone groups is 1. The van der Waals surface area contributed by atoms with Crippen molar-refractivity contribution in [1.29, 1.82) is 0 Å². The minimum Gasteiger partial charge on any atom is -0.381 e. The molecule has 19 heavy (non-hydrogen) atoms. The predicted octanol–water partition coefficient (Wildman–Crippen LogP) is 2.93. The first kappa shape index (κ1) is 14.7. The number of thioether (sulfide) groups is 1. The third-order valence-electron chi connectivity index (χ3n) is 3.34. The van der Waals surface area contributed by atoms with E-state index in [0.717, 1.165) is 17.0 Å². The second-order valence-corrected chi connectivity index (χ2v) is 8.96. The topological polar surface area (TPSA) is 46.2 Å². The van der Waals surface area contributed by atoms with E-state index in [1.807, 2.05) is 36.0 Å². The van der Waals surface area contributed by atoms with Crippen molar-refractivity contribution in [1.82, 2.24) is 0 Å². The summed E-state index contributed by atoms with van der Waals surface area (Å²) < 4.78 is 23.7. The Morgan fingerprint density at radius 2 is 2.00 bits per heavy atom. The van der Waals surface area contributed by atoms with E-state index in [9.17, 15) is 8.42 Å². The second kappa shape index (κ2) is 6.18. The van der Waals surface area contributed by atoms with Gasteiger partial charge in [0.15, 0.2) is 9.84 Å². The Morgan fingerprint density at radius 1 is 1.32 bits per heavy atom. The van der Waals surface area contributed by atoms with Gasteiger partial charge in [0.05, 0.1) is 11.0 Å². The second-order valence-electron chi connectivity index (χ2n) is 5.26. The highest BCUT2D eigenvalue weighted by Crippen LogP contribution is 2.22. The zero-order valence-corrected chi connectivity index (χ0v) is 13.1. The quantitative estimate of drug-likeness (QED) is 0.908. The Hall–Kier alpha value is -0.680. The molecule has 0 amide bonds. The molecule has 1 aromatic rings. The van der Waals surface area contributed by atoms with Crippen molar-refractivity contribution >= 4 is 27.3 Å². The average Bonchev–Trinajstić information content (AvgIpc) is 2.84. The van der Waals surface area contributed by atoms with Crippen LogP contribution in [0.2, 0.25) is 0 Å². The van der Waals surface area contributed by atoms with Gasteiger partial charge in [-0.3, -0.25) is 0 Å². The van der Waals surface area contributed by atoms with Gasteiger partial charge in [0.1, 0.15) is 0 Å².